The lowest BCUT2D eigenvalue weighted by Gasteiger charge is -2.39. The summed E-state index contributed by atoms with van der Waals surface area (Å²) in [6.45, 7) is 28.0. The van der Waals surface area contributed by atoms with Crippen LogP contribution >= 0.6 is 79.7 Å². The van der Waals surface area contributed by atoms with Crippen LogP contribution in [0.5, 0.6) is 17.2 Å². The molecule has 10 aromatic rings. The van der Waals surface area contributed by atoms with Crippen molar-refractivity contribution in [1.82, 2.24) is 8.75 Å². The number of esters is 2. The van der Waals surface area contributed by atoms with Crippen LogP contribution in [0.2, 0.25) is 0 Å². The normalized spacial score (nSPS) is 15.0. The van der Waals surface area contributed by atoms with E-state index in [1.807, 2.05) is 58.3 Å². The lowest BCUT2D eigenvalue weighted by atomic mass is 9.78. The number of carbonyl (C=O) groups is 2. The van der Waals surface area contributed by atoms with Crippen LogP contribution < -0.4 is 14.2 Å². The van der Waals surface area contributed by atoms with Gasteiger partial charge in [0.2, 0.25) is 0 Å². The molecule has 3 aliphatic heterocycles. The van der Waals surface area contributed by atoms with Gasteiger partial charge in [0.15, 0.2) is 17.2 Å². The number of thiophene rings is 6. The average molecular weight is 2010 g/mol. The molecular formula is C111H150F2N2O15S7. The Morgan fingerprint density at radius 3 is 1.15 bits per heavy atom. The van der Waals surface area contributed by atoms with Crippen molar-refractivity contribution in [3.8, 4) is 76.5 Å². The number of unbranched alkanes of at least 4 members (excludes halogenated alkanes) is 18. The summed E-state index contributed by atoms with van der Waals surface area (Å²) >= 11 is 11.3. The first-order valence-electron chi connectivity index (χ1n) is 51.2. The minimum absolute atomic E-state index is 0.000595. The highest BCUT2D eigenvalue weighted by atomic mass is 32.1. The quantitative estimate of drug-likeness (QED) is 0.0259. The average Bonchev–Trinajstić information content (AvgIpc) is 1.54. The van der Waals surface area contributed by atoms with Crippen molar-refractivity contribution in [2.24, 2.45) is 23.7 Å². The van der Waals surface area contributed by atoms with E-state index >= 15 is 8.78 Å². The van der Waals surface area contributed by atoms with Gasteiger partial charge in [0, 0.05) is 89.0 Å². The number of hydrogen-bond donors (Lipinski definition) is 0. The van der Waals surface area contributed by atoms with Crippen LogP contribution in [-0.4, -0.2) is 141 Å². The summed E-state index contributed by atoms with van der Waals surface area (Å²) in [5.74, 6) is 1.39. The van der Waals surface area contributed by atoms with E-state index in [1.165, 1.54) is 200 Å². The number of rotatable bonds is 67. The van der Waals surface area contributed by atoms with Gasteiger partial charge in [0.1, 0.15) is 52.7 Å². The van der Waals surface area contributed by atoms with E-state index in [0.29, 0.717) is 141 Å². The fourth-order valence-corrected chi connectivity index (χ4v) is 27.3. The zero-order valence-electron chi connectivity index (χ0n) is 83.5. The SMILES string of the molecule is CCCCCCCCCCCCC1(CCCCCCCCCCCC)Oc2cc(-c3cc4c(s3)-c3sc(-c5cc6c(s5)-c5sc(-c7c(F)c(F)c(C)c8nsnc78)cc5OC6(c5ccc(C(=O)OCCOCCOCCOCCOC)cc5)c5ccc(C(=O)OCCOCCOCCOCCOC)cc5)cc3OC4(CCC(C)CCCC(C)C)CCC(C)CCCC(C)C)sc2-c2sc(C)cc21. The molecule has 0 aliphatic carbocycles. The van der Waals surface area contributed by atoms with Gasteiger partial charge >= 0.3 is 11.9 Å². The molecule has 10 heterocycles. The third-order valence-corrected chi connectivity index (χ3v) is 35.2. The third kappa shape index (κ3) is 28.8. The highest BCUT2D eigenvalue weighted by Gasteiger charge is 2.50. The maximum absolute atomic E-state index is 17.2. The fourth-order valence-electron chi connectivity index (χ4n) is 19.2. The largest absolute Gasteiger partial charge is 0.481 e. The van der Waals surface area contributed by atoms with E-state index in [2.05, 4.69) is 101 Å². The minimum atomic E-state index is -1.55. The van der Waals surface area contributed by atoms with Crippen LogP contribution in [0.25, 0.3) is 70.2 Å². The number of aryl methyl sites for hydroxylation is 2. The molecule has 26 heteroatoms. The molecule has 0 amide bonds. The number of benzene rings is 3. The molecule has 0 saturated carbocycles. The maximum Gasteiger partial charge on any atom is 0.338 e. The first-order valence-corrected chi connectivity index (χ1v) is 56.8. The first-order chi connectivity index (χ1) is 66.7. The zero-order valence-corrected chi connectivity index (χ0v) is 89.2. The van der Waals surface area contributed by atoms with Crippen LogP contribution in [0.1, 0.15) is 320 Å². The number of aromatic nitrogens is 2. The van der Waals surface area contributed by atoms with Gasteiger partial charge < -0.3 is 61.6 Å². The second kappa shape index (κ2) is 54.9. The molecule has 0 fully saturated rings. The second-order valence-corrected chi connectivity index (χ2v) is 45.7. The number of ether oxygens (including phenoxy) is 13. The van der Waals surface area contributed by atoms with Gasteiger partial charge in [-0.1, -0.05) is 234 Å². The van der Waals surface area contributed by atoms with E-state index < -0.39 is 40.4 Å². The molecule has 0 bridgehead atoms. The van der Waals surface area contributed by atoms with Crippen molar-refractivity contribution >= 4 is 103 Å². The molecule has 0 saturated heterocycles. The number of methoxy groups -OCH3 is 2. The van der Waals surface area contributed by atoms with Gasteiger partial charge in [-0.05, 0) is 137 Å². The summed E-state index contributed by atoms with van der Waals surface area (Å²) < 4.78 is 122. The number of halogens is 2. The molecule has 7 aromatic heterocycles. The summed E-state index contributed by atoms with van der Waals surface area (Å²) in [6.07, 6.45) is 38.7. The summed E-state index contributed by atoms with van der Waals surface area (Å²) in [7, 11) is 3.26. The standard InChI is InChI=1S/C111H150F2N2O15S7/c1-13-15-17-19-21-23-25-27-29-31-49-109(50-32-30-28-26-24-22-20-18-16-14-2)85-69-79(9)131-101(85)104-88(128-109)72-93(134-104)91-70-86-102(132-91)105-89(129-110(86,51-47-77(7)37-33-35-75(3)4)52-48-78(8)38-34-36-76(5)6)73-94(135-105)92-71-87-103(133-92)106-90(74-95(136-106)96-98(113)97(112)80(10)99-100(96)115-137-114-99)130-111(87,83-43-39-81(40-44-83)107(116)126-67-65-124-63-61-122-59-57-120-55-53-118-11)84-45-41-82(42-46-84)108(117)127-68-66-125-64-62-123-60-58-121-56-54-119-12/h39-46,69-78H,13-38,47-68H2,1-12H3. The smallest absolute Gasteiger partial charge is 0.338 e. The molecule has 3 aliphatic rings. The second-order valence-electron chi connectivity index (χ2n) is 38.7. The topological polar surface area (TPSA) is 180 Å². The Labute approximate surface area is 842 Å². The van der Waals surface area contributed by atoms with Gasteiger partial charge in [0.25, 0.3) is 0 Å². The van der Waals surface area contributed by atoms with E-state index in [-0.39, 0.29) is 48.6 Å². The Kier molecular flexibility index (Phi) is 43.2. The maximum atomic E-state index is 17.2. The summed E-state index contributed by atoms with van der Waals surface area (Å²) in [5, 5.41) is 0. The predicted molar refractivity (Wildman–Crippen MR) is 561 cm³/mol. The number of hydrogen-bond acceptors (Lipinski definition) is 24. The highest BCUT2D eigenvalue weighted by Crippen LogP contribution is 2.65. The van der Waals surface area contributed by atoms with Gasteiger partial charge in [0.05, 0.1) is 150 Å². The highest BCUT2D eigenvalue weighted by molar-refractivity contribution is 7.31. The molecule has 750 valence electrons. The van der Waals surface area contributed by atoms with Crippen molar-refractivity contribution in [3.05, 3.63) is 146 Å². The molecule has 0 N–H and O–H groups in total. The lowest BCUT2D eigenvalue weighted by molar-refractivity contribution is -0.00559. The van der Waals surface area contributed by atoms with Crippen molar-refractivity contribution in [3.63, 3.8) is 0 Å². The van der Waals surface area contributed by atoms with E-state index in [0.717, 1.165) is 113 Å². The van der Waals surface area contributed by atoms with Gasteiger partial charge in [-0.25, -0.2) is 18.4 Å². The number of nitrogens with zero attached hydrogens (tertiary/aromatic N) is 2. The first kappa shape index (κ1) is 108. The Balaban J connectivity index is 0.897. The number of fused-ring (bicyclic) bond motifs is 10. The molecule has 2 atom stereocenters. The number of carbonyl (C=O) groups excluding carboxylic acids is 2. The van der Waals surface area contributed by atoms with E-state index in [9.17, 15) is 9.59 Å². The third-order valence-electron chi connectivity index (χ3n) is 27.1. The van der Waals surface area contributed by atoms with Crippen LogP contribution in [0.3, 0.4) is 0 Å². The molecule has 0 radical (unpaired) electrons. The van der Waals surface area contributed by atoms with Crippen LogP contribution in [-0.2, 0) is 64.2 Å². The molecule has 0 spiro atoms. The van der Waals surface area contributed by atoms with Gasteiger partial charge in [-0.15, -0.1) is 68.0 Å². The predicted octanol–water partition coefficient (Wildman–Crippen LogP) is 31.6. The Morgan fingerprint density at radius 1 is 0.358 bits per heavy atom. The Hall–Kier alpha value is -6.44. The monoisotopic (exact) mass is 2010 g/mol. The van der Waals surface area contributed by atoms with Crippen LogP contribution in [0.15, 0.2) is 84.9 Å². The van der Waals surface area contributed by atoms with E-state index in [1.54, 1.807) is 67.2 Å². The molecule has 2 unspecified atom stereocenters. The molecule has 137 heavy (non-hydrogen) atoms. The molecular weight excluding hydrogens is 1860 g/mol. The van der Waals surface area contributed by atoms with Crippen molar-refractivity contribution in [2.45, 2.75) is 292 Å². The zero-order chi connectivity index (χ0) is 96.5. The molecule has 17 nitrogen and oxygen atoms in total. The van der Waals surface area contributed by atoms with Crippen molar-refractivity contribution in [2.75, 3.05) is 120 Å². The van der Waals surface area contributed by atoms with Crippen LogP contribution in [0.4, 0.5) is 8.78 Å². The van der Waals surface area contributed by atoms with E-state index in [4.69, 9.17) is 61.6 Å². The van der Waals surface area contributed by atoms with Gasteiger partial charge in [-0.2, -0.15) is 8.75 Å². The molecule has 13 rings (SSSR count). The lowest BCUT2D eigenvalue weighted by Crippen LogP contribution is -2.38. The Morgan fingerprint density at radius 2 is 0.708 bits per heavy atom. The van der Waals surface area contributed by atoms with Gasteiger partial charge in [-0.3, -0.25) is 0 Å². The fraction of sp³-hybridized carbons (Fsp3) is 0.604. The summed E-state index contributed by atoms with van der Waals surface area (Å²) in [6, 6.07) is 28.2. The van der Waals surface area contributed by atoms with Crippen molar-refractivity contribution < 1.29 is 79.9 Å². The summed E-state index contributed by atoms with van der Waals surface area (Å²) in [5.41, 5.74) is 3.27. The summed E-state index contributed by atoms with van der Waals surface area (Å²) in [4.78, 5) is 40.9. The van der Waals surface area contributed by atoms with Crippen LogP contribution in [0, 0.1) is 49.2 Å². The van der Waals surface area contributed by atoms with Crippen molar-refractivity contribution in [1.29, 1.82) is 0 Å². The Bertz CT molecular complexity index is 5200. The minimum Gasteiger partial charge on any atom is -0.481 e. The molecule has 3 aromatic carbocycles.